The molecule has 2 N–H and O–H groups in total. The molecule has 0 aliphatic rings. The molecule has 0 spiro atoms. The van der Waals surface area contributed by atoms with Gasteiger partial charge in [0.15, 0.2) is 0 Å². The molecule has 0 fully saturated rings. The predicted octanol–water partition coefficient (Wildman–Crippen LogP) is 5.60. The average Bonchev–Trinajstić information content (AvgIpc) is 2.94. The van der Waals surface area contributed by atoms with Crippen LogP contribution in [0.2, 0.25) is 5.02 Å². The van der Waals surface area contributed by atoms with E-state index in [0.717, 1.165) is 15.4 Å². The molecular weight excluding hydrogens is 586 g/mol. The van der Waals surface area contributed by atoms with Gasteiger partial charge in [0.25, 0.3) is 20.0 Å². The second kappa shape index (κ2) is 12.2. The Bertz CT molecular complexity index is 1780. The minimum absolute atomic E-state index is 0.00864. The number of nitrogens with one attached hydrogen (secondary N) is 2. The van der Waals surface area contributed by atoms with Gasteiger partial charge in [0.2, 0.25) is 5.91 Å². The normalized spacial score (nSPS) is 11.5. The minimum atomic E-state index is -4.21. The van der Waals surface area contributed by atoms with E-state index >= 15 is 0 Å². The molecule has 0 radical (unpaired) electrons. The highest BCUT2D eigenvalue weighted by Crippen LogP contribution is 2.35. The van der Waals surface area contributed by atoms with Gasteiger partial charge in [0, 0.05) is 16.4 Å². The number of anilines is 3. The topological polar surface area (TPSA) is 122 Å². The lowest BCUT2D eigenvalue weighted by atomic mass is 10.1. The van der Waals surface area contributed by atoms with Crippen molar-refractivity contribution in [3.8, 4) is 5.75 Å². The molecule has 0 aliphatic carbocycles. The minimum Gasteiger partial charge on any atom is -0.495 e. The number of nitrogens with zero attached hydrogens (tertiary/aromatic N) is 1. The van der Waals surface area contributed by atoms with E-state index in [-0.39, 0.29) is 31.9 Å². The first-order chi connectivity index (χ1) is 19.4. The van der Waals surface area contributed by atoms with E-state index in [0.29, 0.717) is 5.69 Å². The first-order valence-corrected chi connectivity index (χ1v) is 15.6. The van der Waals surface area contributed by atoms with Crippen molar-refractivity contribution in [2.24, 2.45) is 0 Å². The summed E-state index contributed by atoms with van der Waals surface area (Å²) < 4.78 is 61.8. The fraction of sp³-hybridized carbons (Fsp3) is 0.138. The molecule has 0 aromatic heterocycles. The third kappa shape index (κ3) is 6.99. The van der Waals surface area contributed by atoms with Crippen molar-refractivity contribution < 1.29 is 26.4 Å². The van der Waals surface area contributed by atoms with Gasteiger partial charge in [0.05, 0.1) is 22.6 Å². The molecule has 214 valence electrons. The van der Waals surface area contributed by atoms with Crippen molar-refractivity contribution in [3.05, 3.63) is 107 Å². The van der Waals surface area contributed by atoms with E-state index in [2.05, 4.69) is 10.0 Å². The van der Waals surface area contributed by atoms with E-state index in [4.69, 9.17) is 16.3 Å². The van der Waals surface area contributed by atoms with Crippen molar-refractivity contribution >= 4 is 54.6 Å². The summed E-state index contributed by atoms with van der Waals surface area (Å²) in [5.41, 5.74) is 2.77. The highest BCUT2D eigenvalue weighted by atomic mass is 35.5. The summed E-state index contributed by atoms with van der Waals surface area (Å²) in [6, 6.07) is 22.9. The van der Waals surface area contributed by atoms with Crippen LogP contribution in [0.25, 0.3) is 0 Å². The predicted molar refractivity (Wildman–Crippen MR) is 161 cm³/mol. The van der Waals surface area contributed by atoms with Crippen LogP contribution in [-0.4, -0.2) is 36.4 Å². The molecule has 0 aliphatic heterocycles. The molecule has 12 heteroatoms. The summed E-state index contributed by atoms with van der Waals surface area (Å²) >= 11 is 6.17. The number of hydrogen-bond donors (Lipinski definition) is 2. The van der Waals surface area contributed by atoms with E-state index in [1.165, 1.54) is 55.6 Å². The number of amides is 1. The van der Waals surface area contributed by atoms with Crippen LogP contribution in [0.15, 0.2) is 101 Å². The molecule has 9 nitrogen and oxygen atoms in total. The summed E-state index contributed by atoms with van der Waals surface area (Å²) in [5.74, 6) is -0.470. The second-order valence-corrected chi connectivity index (χ2v) is 13.1. The Morgan fingerprint density at radius 1 is 0.805 bits per heavy atom. The SMILES string of the molecule is COc1ccc(Cl)cc1N(CC(=O)Nc1ccc(S(=O)(=O)Nc2ccc(C)c(C)c2)cc1)S(=O)(=O)c1ccccc1. The Kier molecular flexibility index (Phi) is 8.91. The van der Waals surface area contributed by atoms with Crippen LogP contribution in [0.5, 0.6) is 5.75 Å². The van der Waals surface area contributed by atoms with Gasteiger partial charge in [-0.1, -0.05) is 35.9 Å². The molecule has 4 aromatic carbocycles. The van der Waals surface area contributed by atoms with Gasteiger partial charge in [-0.05, 0) is 91.7 Å². The summed E-state index contributed by atoms with van der Waals surface area (Å²) in [5, 5.41) is 2.88. The van der Waals surface area contributed by atoms with Crippen LogP contribution in [0, 0.1) is 13.8 Å². The lowest BCUT2D eigenvalue weighted by Gasteiger charge is -2.26. The molecular formula is C29H28ClN3O6S2. The quantitative estimate of drug-likeness (QED) is 0.240. The maximum Gasteiger partial charge on any atom is 0.264 e. The number of benzene rings is 4. The third-order valence-electron chi connectivity index (χ3n) is 6.24. The molecule has 0 unspecified atom stereocenters. The van der Waals surface area contributed by atoms with Crippen LogP contribution in [-0.2, 0) is 24.8 Å². The number of ether oxygens (including phenoxy) is 1. The van der Waals surface area contributed by atoms with Gasteiger partial charge in [-0.2, -0.15) is 0 Å². The summed E-state index contributed by atoms with van der Waals surface area (Å²) in [6.07, 6.45) is 0. The maximum atomic E-state index is 13.6. The van der Waals surface area contributed by atoms with E-state index in [1.807, 2.05) is 19.9 Å². The molecule has 0 saturated heterocycles. The lowest BCUT2D eigenvalue weighted by Crippen LogP contribution is -2.38. The summed E-state index contributed by atoms with van der Waals surface area (Å²) in [7, 11) is -6.71. The maximum absolute atomic E-state index is 13.6. The Morgan fingerprint density at radius 3 is 2.10 bits per heavy atom. The smallest absolute Gasteiger partial charge is 0.264 e. The summed E-state index contributed by atoms with van der Waals surface area (Å²) in [4.78, 5) is 13.1. The van der Waals surface area contributed by atoms with E-state index in [1.54, 1.807) is 36.4 Å². The van der Waals surface area contributed by atoms with Crippen molar-refractivity contribution in [2.45, 2.75) is 23.6 Å². The van der Waals surface area contributed by atoms with Crippen molar-refractivity contribution in [3.63, 3.8) is 0 Å². The van der Waals surface area contributed by atoms with Crippen molar-refractivity contribution in [1.29, 1.82) is 0 Å². The zero-order valence-corrected chi connectivity index (χ0v) is 24.8. The molecule has 0 bridgehead atoms. The monoisotopic (exact) mass is 613 g/mol. The zero-order chi connectivity index (χ0) is 29.8. The average molecular weight is 614 g/mol. The number of sulfonamides is 2. The first-order valence-electron chi connectivity index (χ1n) is 12.3. The van der Waals surface area contributed by atoms with Crippen LogP contribution in [0.1, 0.15) is 11.1 Å². The molecule has 0 heterocycles. The molecule has 0 saturated carbocycles. The lowest BCUT2D eigenvalue weighted by molar-refractivity contribution is -0.114. The number of halogens is 1. The van der Waals surface area contributed by atoms with Gasteiger partial charge in [-0.15, -0.1) is 0 Å². The standard InChI is InChI=1S/C29H28ClN3O6S2/c1-20-9-11-24(17-21(20)2)32-40(35,36)25-14-12-23(13-15-25)31-29(34)19-33(27-18-22(30)10-16-28(27)39-3)41(37,38)26-7-5-4-6-8-26/h4-18,32H,19H2,1-3H3,(H,31,34). The number of rotatable bonds is 10. The fourth-order valence-electron chi connectivity index (χ4n) is 3.94. The van der Waals surface area contributed by atoms with Crippen molar-refractivity contribution in [2.75, 3.05) is 28.0 Å². The molecule has 4 rings (SSSR count). The fourth-order valence-corrected chi connectivity index (χ4v) is 6.60. The van der Waals surface area contributed by atoms with Gasteiger partial charge in [-0.3, -0.25) is 13.8 Å². The highest BCUT2D eigenvalue weighted by Gasteiger charge is 2.29. The van der Waals surface area contributed by atoms with Crippen LogP contribution in [0.3, 0.4) is 0 Å². The van der Waals surface area contributed by atoms with Gasteiger partial charge >= 0.3 is 0 Å². The molecule has 1 amide bonds. The second-order valence-electron chi connectivity index (χ2n) is 9.12. The number of carbonyl (C=O) groups is 1. The highest BCUT2D eigenvalue weighted by molar-refractivity contribution is 7.93. The van der Waals surface area contributed by atoms with Gasteiger partial charge in [-0.25, -0.2) is 16.8 Å². The Labute approximate surface area is 244 Å². The van der Waals surface area contributed by atoms with E-state index < -0.39 is 32.5 Å². The molecule has 0 atom stereocenters. The third-order valence-corrected chi connectivity index (χ3v) is 9.64. The Balaban J connectivity index is 1.56. The number of aryl methyl sites for hydroxylation is 2. The Hall–Kier alpha value is -4.06. The van der Waals surface area contributed by atoms with Gasteiger partial charge in [0.1, 0.15) is 12.3 Å². The Morgan fingerprint density at radius 2 is 1.46 bits per heavy atom. The van der Waals surface area contributed by atoms with Crippen molar-refractivity contribution in [1.82, 2.24) is 0 Å². The number of carbonyl (C=O) groups excluding carboxylic acids is 1. The van der Waals surface area contributed by atoms with Crippen LogP contribution >= 0.6 is 11.6 Å². The zero-order valence-electron chi connectivity index (χ0n) is 22.5. The van der Waals surface area contributed by atoms with Crippen LogP contribution in [0.4, 0.5) is 17.1 Å². The first kappa shape index (κ1) is 29.9. The number of hydrogen-bond acceptors (Lipinski definition) is 6. The molecule has 41 heavy (non-hydrogen) atoms. The number of methoxy groups -OCH3 is 1. The largest absolute Gasteiger partial charge is 0.495 e. The van der Waals surface area contributed by atoms with E-state index in [9.17, 15) is 21.6 Å². The summed E-state index contributed by atoms with van der Waals surface area (Å²) in [6.45, 7) is 3.21. The molecule has 4 aromatic rings. The van der Waals surface area contributed by atoms with Gasteiger partial charge < -0.3 is 10.1 Å². The van der Waals surface area contributed by atoms with Crippen LogP contribution < -0.4 is 19.1 Å².